The first-order valence-electron chi connectivity index (χ1n) is 5.14. The van der Waals surface area contributed by atoms with Gasteiger partial charge in [0.1, 0.15) is 5.69 Å². The van der Waals surface area contributed by atoms with Gasteiger partial charge in [0.05, 0.1) is 20.6 Å². The smallest absolute Gasteiger partial charge is 0.237 e. The molecule has 0 bridgehead atoms. The molecular formula is C11H6Cl5FN2S. The fourth-order valence-electron chi connectivity index (χ4n) is 1.54. The molecule has 0 aliphatic rings. The number of thioether (sulfide) groups is 1. The van der Waals surface area contributed by atoms with Crippen LogP contribution in [0.3, 0.4) is 0 Å². The monoisotopic (exact) mass is 392 g/mol. The zero-order chi connectivity index (χ0) is 15.1. The van der Waals surface area contributed by atoms with Gasteiger partial charge in [-0.15, -0.1) is 0 Å². The van der Waals surface area contributed by atoms with Crippen LogP contribution in [0.2, 0.25) is 15.1 Å². The van der Waals surface area contributed by atoms with Gasteiger partial charge in [0.25, 0.3) is 0 Å². The Labute approximate surface area is 144 Å². The van der Waals surface area contributed by atoms with Crippen LogP contribution in [-0.4, -0.2) is 13.7 Å². The van der Waals surface area contributed by atoms with Crippen molar-refractivity contribution >= 4 is 69.8 Å². The van der Waals surface area contributed by atoms with E-state index in [0.717, 1.165) is 0 Å². The summed E-state index contributed by atoms with van der Waals surface area (Å²) in [6.45, 7) is 1.69. The molecule has 0 N–H and O–H groups in total. The van der Waals surface area contributed by atoms with Crippen molar-refractivity contribution in [3.05, 3.63) is 39.1 Å². The van der Waals surface area contributed by atoms with Crippen LogP contribution in [0.5, 0.6) is 0 Å². The third kappa shape index (κ3) is 3.87. The van der Waals surface area contributed by atoms with Gasteiger partial charge in [-0.1, -0.05) is 58.0 Å². The van der Waals surface area contributed by atoms with Crippen LogP contribution in [0.1, 0.15) is 5.69 Å². The van der Waals surface area contributed by atoms with Crippen molar-refractivity contribution in [2.75, 3.05) is 0 Å². The van der Waals surface area contributed by atoms with Gasteiger partial charge in [-0.25, -0.2) is 4.68 Å². The van der Waals surface area contributed by atoms with Crippen molar-refractivity contribution in [3.63, 3.8) is 0 Å². The van der Waals surface area contributed by atoms with E-state index in [4.69, 9.17) is 58.0 Å². The average molecular weight is 395 g/mol. The molecule has 1 aromatic heterocycles. The van der Waals surface area contributed by atoms with E-state index in [0.29, 0.717) is 43.1 Å². The minimum absolute atomic E-state index is 0.324. The first kappa shape index (κ1) is 16.5. The molecule has 2 aromatic rings. The fraction of sp³-hybridized carbons (Fsp3) is 0.182. The van der Waals surface area contributed by atoms with E-state index in [1.165, 1.54) is 16.8 Å². The van der Waals surface area contributed by atoms with E-state index in [9.17, 15) is 4.39 Å². The Balaban J connectivity index is 2.48. The van der Waals surface area contributed by atoms with Crippen molar-refractivity contribution in [2.24, 2.45) is 0 Å². The Kier molecular flexibility index (Phi) is 5.05. The highest BCUT2D eigenvalue weighted by Gasteiger charge is 2.26. The molecule has 1 heterocycles. The molecule has 1 aromatic carbocycles. The Morgan fingerprint density at radius 1 is 1.20 bits per heavy atom. The third-order valence-electron chi connectivity index (χ3n) is 2.29. The zero-order valence-electron chi connectivity index (χ0n) is 9.80. The normalized spacial score (nSPS) is 11.9. The summed E-state index contributed by atoms with van der Waals surface area (Å²) in [4.78, 5) is 0.472. The molecular weight excluding hydrogens is 388 g/mol. The molecule has 0 aliphatic carbocycles. The van der Waals surface area contributed by atoms with Crippen LogP contribution in [0.4, 0.5) is 4.39 Å². The molecule has 9 heteroatoms. The van der Waals surface area contributed by atoms with Gasteiger partial charge >= 0.3 is 3.92 Å². The predicted molar refractivity (Wildman–Crippen MR) is 84.7 cm³/mol. The second kappa shape index (κ2) is 6.11. The molecule has 0 atom stereocenters. The van der Waals surface area contributed by atoms with Crippen LogP contribution >= 0.6 is 69.8 Å². The Hall–Kier alpha value is 0.160. The maximum atomic E-state index is 13.3. The van der Waals surface area contributed by atoms with Crippen molar-refractivity contribution in [1.82, 2.24) is 9.78 Å². The largest absolute Gasteiger partial charge is 0.309 e. The van der Waals surface area contributed by atoms with Gasteiger partial charge < -0.3 is 0 Å². The summed E-state index contributed by atoms with van der Waals surface area (Å²) in [5.41, 5.74) is 0.988. The van der Waals surface area contributed by atoms with Gasteiger partial charge in [0.15, 0.2) is 0 Å². The lowest BCUT2D eigenvalue weighted by atomic mass is 10.3. The lowest BCUT2D eigenvalue weighted by Gasteiger charge is -2.08. The summed E-state index contributed by atoms with van der Waals surface area (Å²) < 4.78 is 12.3. The Morgan fingerprint density at radius 2 is 1.75 bits per heavy atom. The minimum Gasteiger partial charge on any atom is -0.237 e. The maximum absolute atomic E-state index is 13.3. The van der Waals surface area contributed by atoms with Crippen LogP contribution in [0.25, 0.3) is 5.69 Å². The molecule has 0 aliphatic heterocycles. The highest BCUT2D eigenvalue weighted by atomic mass is 35.5. The van der Waals surface area contributed by atoms with E-state index >= 15 is 0 Å². The highest BCUT2D eigenvalue weighted by molar-refractivity contribution is 8.03. The SMILES string of the molecule is Cc1nn(-c2c(Cl)cc(Cl)cc2Cl)cc1SC(F)(Cl)Cl. The molecule has 20 heavy (non-hydrogen) atoms. The van der Waals surface area contributed by atoms with Crippen molar-refractivity contribution in [2.45, 2.75) is 15.7 Å². The molecule has 2 nitrogen and oxygen atoms in total. The number of hydrogen-bond acceptors (Lipinski definition) is 2. The van der Waals surface area contributed by atoms with Gasteiger partial charge in [-0.05, 0) is 30.8 Å². The number of halogens is 6. The summed E-state index contributed by atoms with van der Waals surface area (Å²) in [6, 6.07) is 3.08. The number of nitrogens with zero attached hydrogens (tertiary/aromatic N) is 2. The number of benzene rings is 1. The minimum atomic E-state index is -2.44. The number of aromatic nitrogens is 2. The number of aryl methyl sites for hydroxylation is 1. The van der Waals surface area contributed by atoms with Crippen molar-refractivity contribution in [1.29, 1.82) is 0 Å². The quantitative estimate of drug-likeness (QED) is 0.450. The molecule has 0 saturated carbocycles. The standard InChI is InChI=1S/C11H6Cl5FN2S/c1-5-9(20-11(15,16)17)4-19(18-5)10-7(13)2-6(12)3-8(10)14/h2-4H,1H3. The summed E-state index contributed by atoms with van der Waals surface area (Å²) in [7, 11) is 0. The molecule has 0 amide bonds. The number of alkyl halides is 3. The second-order valence-electron chi connectivity index (χ2n) is 3.79. The van der Waals surface area contributed by atoms with Gasteiger partial charge in [-0.2, -0.15) is 9.49 Å². The maximum Gasteiger partial charge on any atom is 0.309 e. The van der Waals surface area contributed by atoms with Crippen LogP contribution in [-0.2, 0) is 0 Å². The van der Waals surface area contributed by atoms with Crippen LogP contribution in [0, 0.1) is 6.92 Å². The number of hydrogen-bond donors (Lipinski definition) is 0. The fourth-order valence-corrected chi connectivity index (χ4v) is 3.62. The number of rotatable bonds is 3. The Morgan fingerprint density at radius 3 is 2.25 bits per heavy atom. The summed E-state index contributed by atoms with van der Waals surface area (Å²) in [5, 5.41) is 5.27. The van der Waals surface area contributed by atoms with E-state index in [1.807, 2.05) is 0 Å². The van der Waals surface area contributed by atoms with Crippen LogP contribution in [0.15, 0.2) is 23.2 Å². The lowest BCUT2D eigenvalue weighted by Crippen LogP contribution is -1.97. The van der Waals surface area contributed by atoms with Crippen molar-refractivity contribution in [3.8, 4) is 5.69 Å². The van der Waals surface area contributed by atoms with E-state index in [2.05, 4.69) is 5.10 Å². The molecule has 108 valence electrons. The van der Waals surface area contributed by atoms with Crippen molar-refractivity contribution < 1.29 is 4.39 Å². The first-order valence-corrected chi connectivity index (χ1v) is 7.85. The predicted octanol–water partition coefficient (Wildman–Crippen LogP) is 6.29. The zero-order valence-corrected chi connectivity index (χ0v) is 14.4. The molecule has 0 radical (unpaired) electrons. The summed E-state index contributed by atoms with van der Waals surface area (Å²) in [6.07, 6.45) is 1.54. The van der Waals surface area contributed by atoms with E-state index in [1.54, 1.807) is 13.1 Å². The molecule has 2 rings (SSSR count). The molecule has 0 unspecified atom stereocenters. The lowest BCUT2D eigenvalue weighted by molar-refractivity contribution is 0.515. The first-order chi connectivity index (χ1) is 9.17. The molecule has 0 saturated heterocycles. The summed E-state index contributed by atoms with van der Waals surface area (Å²) in [5.74, 6) is 0. The third-order valence-corrected chi connectivity index (χ3v) is 4.40. The highest BCUT2D eigenvalue weighted by Crippen LogP contribution is 2.43. The van der Waals surface area contributed by atoms with Crippen LogP contribution < -0.4 is 0 Å². The van der Waals surface area contributed by atoms with E-state index < -0.39 is 3.92 Å². The second-order valence-corrected chi connectivity index (χ2v) is 7.93. The van der Waals surface area contributed by atoms with Gasteiger partial charge in [0.2, 0.25) is 0 Å². The molecule has 0 spiro atoms. The van der Waals surface area contributed by atoms with Gasteiger partial charge in [-0.3, -0.25) is 0 Å². The average Bonchev–Trinajstić information content (AvgIpc) is 2.55. The van der Waals surface area contributed by atoms with Gasteiger partial charge in [0, 0.05) is 11.2 Å². The van der Waals surface area contributed by atoms with E-state index in [-0.39, 0.29) is 0 Å². The Bertz CT molecular complexity index is 630. The summed E-state index contributed by atoms with van der Waals surface area (Å²) >= 11 is 29.3. The molecule has 0 fully saturated rings. The topological polar surface area (TPSA) is 17.8 Å².